The van der Waals surface area contributed by atoms with Crippen LogP contribution < -0.4 is 16.0 Å². The summed E-state index contributed by atoms with van der Waals surface area (Å²) >= 11 is 0.872. The van der Waals surface area contributed by atoms with Gasteiger partial charge in [0.15, 0.2) is 11.5 Å². The van der Waals surface area contributed by atoms with E-state index in [1.807, 2.05) is 7.05 Å². The molecule has 1 atom stereocenters. The molecule has 220 valence electrons. The van der Waals surface area contributed by atoms with Crippen molar-refractivity contribution in [1.29, 1.82) is 0 Å². The summed E-state index contributed by atoms with van der Waals surface area (Å²) in [6.45, 7) is 7.14. The summed E-state index contributed by atoms with van der Waals surface area (Å²) in [7, 11) is 1.85. The molecule has 2 aromatic heterocycles. The summed E-state index contributed by atoms with van der Waals surface area (Å²) in [5, 5.41) is 7.40. The molecule has 13 heteroatoms. The van der Waals surface area contributed by atoms with Crippen LogP contribution in [-0.2, 0) is 16.5 Å². The normalized spacial score (nSPS) is 20.1. The number of halogens is 2. The minimum atomic E-state index is -0.764. The number of nitrogens with two attached hydrogens (primary N) is 1. The lowest BCUT2D eigenvalue weighted by atomic mass is 9.99. The second-order valence-corrected chi connectivity index (χ2v) is 12.2. The molecule has 0 bridgehead atoms. The Balaban J connectivity index is 1.15. The zero-order chi connectivity index (χ0) is 28.5. The fraction of sp³-hybridized carbons (Fsp3) is 0.536. The Morgan fingerprint density at radius 2 is 1.80 bits per heavy atom. The number of benzene rings is 1. The molecule has 10 nitrogen and oxygen atoms in total. The number of thiazole rings is 1. The Hall–Kier alpha value is -3.13. The number of hydrogen-bond donors (Lipinski definition) is 2. The smallest absolute Gasteiger partial charge is 0.277 e. The van der Waals surface area contributed by atoms with E-state index in [-0.39, 0.29) is 21.3 Å². The van der Waals surface area contributed by atoms with Gasteiger partial charge in [0, 0.05) is 51.1 Å². The van der Waals surface area contributed by atoms with Crippen LogP contribution in [0.3, 0.4) is 0 Å². The van der Waals surface area contributed by atoms with Gasteiger partial charge in [0.2, 0.25) is 0 Å². The monoisotopic (exact) mass is 587 g/mol. The molecule has 3 N–H and O–H groups in total. The summed E-state index contributed by atoms with van der Waals surface area (Å²) in [5.41, 5.74) is 6.25. The number of carbonyl (C=O) groups is 1. The average Bonchev–Trinajstić information content (AvgIpc) is 3.34. The Morgan fingerprint density at radius 1 is 1.12 bits per heavy atom. The van der Waals surface area contributed by atoms with E-state index < -0.39 is 17.5 Å². The molecule has 5 heterocycles. The van der Waals surface area contributed by atoms with E-state index in [0.29, 0.717) is 23.6 Å². The highest BCUT2D eigenvalue weighted by atomic mass is 32.1. The molecule has 0 spiro atoms. The number of nitrogens with zero attached hydrogens (tertiary/aromatic N) is 5. The molecule has 0 unspecified atom stereocenters. The zero-order valence-electron chi connectivity index (χ0n) is 23.0. The molecule has 3 aliphatic rings. The molecule has 0 radical (unpaired) electrons. The highest BCUT2D eigenvalue weighted by Crippen LogP contribution is 2.35. The summed E-state index contributed by atoms with van der Waals surface area (Å²) < 4.78 is 41.3. The highest BCUT2D eigenvalue weighted by molar-refractivity contribution is 7.19. The van der Waals surface area contributed by atoms with Crippen molar-refractivity contribution in [1.82, 2.24) is 19.7 Å². The molecule has 3 aliphatic heterocycles. The van der Waals surface area contributed by atoms with Gasteiger partial charge in [-0.25, -0.2) is 13.8 Å². The first kappa shape index (κ1) is 28.0. The number of hydrogen-bond acceptors (Lipinski definition) is 9. The van der Waals surface area contributed by atoms with Crippen molar-refractivity contribution in [3.63, 3.8) is 0 Å². The molecule has 6 rings (SSSR count). The van der Waals surface area contributed by atoms with Crippen LogP contribution in [0.5, 0.6) is 0 Å². The number of aryl methyl sites for hydroxylation is 1. The minimum Gasteiger partial charge on any atom is -0.389 e. The molecule has 41 heavy (non-hydrogen) atoms. The SMILES string of the molecule is Cn1ncc(NC(=O)c2nc(-c3c(F)cccc3F)sc2N)c1N1CCC[C@H](N(CC2COC2)CC2COC2)CC1. The number of anilines is 3. The highest BCUT2D eigenvalue weighted by Gasteiger charge is 2.32. The predicted octanol–water partition coefficient (Wildman–Crippen LogP) is 3.61. The van der Waals surface area contributed by atoms with Gasteiger partial charge in [-0.2, -0.15) is 5.10 Å². The molecular formula is C28H35F2N7O3S. The van der Waals surface area contributed by atoms with E-state index in [1.165, 1.54) is 6.07 Å². The fourth-order valence-electron chi connectivity index (χ4n) is 5.85. The number of nitrogen functional groups attached to an aromatic ring is 1. The number of ether oxygens (including phenoxy) is 2. The summed E-state index contributed by atoms with van der Waals surface area (Å²) in [6.07, 6.45) is 4.71. The lowest BCUT2D eigenvalue weighted by Gasteiger charge is -2.40. The van der Waals surface area contributed by atoms with Crippen LogP contribution >= 0.6 is 11.3 Å². The average molecular weight is 588 g/mol. The summed E-state index contributed by atoms with van der Waals surface area (Å²) in [6, 6.07) is 4.04. The van der Waals surface area contributed by atoms with Crippen molar-refractivity contribution in [3.05, 3.63) is 41.7 Å². The number of carbonyl (C=O) groups excluding carboxylic acids is 1. The number of aromatic nitrogens is 3. The van der Waals surface area contributed by atoms with E-state index in [4.69, 9.17) is 15.2 Å². The standard InChI is InChI=1S/C28H35F2N7O3S/c1-35-28(36-8-3-4-19(7-9-36)37(11-17-13-39-14-17)12-18-15-40-16-18)22(10-32-35)33-26(38)24-25(31)41-27(34-24)23-20(29)5-2-6-21(23)30/h2,5-6,10,17-19H,3-4,7-9,11-16,31H2,1H3,(H,33,38)/t19-/m0/s1. The van der Waals surface area contributed by atoms with Crippen molar-refractivity contribution in [2.45, 2.75) is 25.3 Å². The zero-order valence-corrected chi connectivity index (χ0v) is 23.8. The Kier molecular flexibility index (Phi) is 8.20. The first-order valence-electron chi connectivity index (χ1n) is 14.1. The number of rotatable bonds is 9. The molecule has 1 amide bonds. The van der Waals surface area contributed by atoms with Crippen molar-refractivity contribution < 1.29 is 23.0 Å². The van der Waals surface area contributed by atoms with Crippen molar-refractivity contribution in [2.75, 3.05) is 68.6 Å². The third-order valence-electron chi connectivity index (χ3n) is 8.11. The van der Waals surface area contributed by atoms with Crippen LogP contribution in [0.15, 0.2) is 24.4 Å². The Labute approximate surface area is 241 Å². The van der Waals surface area contributed by atoms with E-state index in [1.54, 1.807) is 10.9 Å². The van der Waals surface area contributed by atoms with Gasteiger partial charge in [0.05, 0.1) is 38.2 Å². The van der Waals surface area contributed by atoms with Gasteiger partial charge in [-0.15, -0.1) is 0 Å². The molecule has 3 aromatic rings. The lowest BCUT2D eigenvalue weighted by molar-refractivity contribution is -0.0782. The number of nitrogens with one attached hydrogen (secondary N) is 1. The van der Waals surface area contributed by atoms with E-state index >= 15 is 0 Å². The van der Waals surface area contributed by atoms with Gasteiger partial charge in [-0.1, -0.05) is 17.4 Å². The van der Waals surface area contributed by atoms with Crippen molar-refractivity contribution in [2.24, 2.45) is 18.9 Å². The van der Waals surface area contributed by atoms with Gasteiger partial charge in [-0.05, 0) is 31.4 Å². The Bertz CT molecular complexity index is 1350. The minimum absolute atomic E-state index is 0.0136. The maximum atomic E-state index is 14.3. The van der Waals surface area contributed by atoms with E-state index in [9.17, 15) is 13.6 Å². The quantitative estimate of drug-likeness (QED) is 0.391. The predicted molar refractivity (Wildman–Crippen MR) is 153 cm³/mol. The first-order valence-corrected chi connectivity index (χ1v) is 14.9. The van der Waals surface area contributed by atoms with Crippen LogP contribution in [0.1, 0.15) is 29.8 Å². The van der Waals surface area contributed by atoms with Crippen molar-refractivity contribution in [3.8, 4) is 10.6 Å². The maximum Gasteiger partial charge on any atom is 0.277 e. The molecular weight excluding hydrogens is 552 g/mol. The van der Waals surface area contributed by atoms with Crippen LogP contribution in [0, 0.1) is 23.5 Å². The maximum absolute atomic E-state index is 14.3. The summed E-state index contributed by atoms with van der Waals surface area (Å²) in [4.78, 5) is 22.4. The second kappa shape index (κ2) is 12.0. The Morgan fingerprint density at radius 3 is 2.44 bits per heavy atom. The molecule has 0 saturated carbocycles. The topological polar surface area (TPSA) is 111 Å². The number of amides is 1. The third-order valence-corrected chi connectivity index (χ3v) is 9.02. The van der Waals surface area contributed by atoms with Gasteiger partial charge in [-0.3, -0.25) is 14.4 Å². The largest absolute Gasteiger partial charge is 0.389 e. The van der Waals surface area contributed by atoms with Crippen LogP contribution in [-0.4, -0.2) is 84.2 Å². The molecule has 0 aliphatic carbocycles. The fourth-order valence-corrected chi connectivity index (χ4v) is 6.73. The molecule has 1 aromatic carbocycles. The van der Waals surface area contributed by atoms with Gasteiger partial charge in [0.1, 0.15) is 27.3 Å². The van der Waals surface area contributed by atoms with Crippen LogP contribution in [0.2, 0.25) is 0 Å². The van der Waals surface area contributed by atoms with Crippen molar-refractivity contribution >= 4 is 33.8 Å². The van der Waals surface area contributed by atoms with E-state index in [0.717, 1.165) is 101 Å². The van der Waals surface area contributed by atoms with Gasteiger partial charge in [0.25, 0.3) is 5.91 Å². The van der Waals surface area contributed by atoms with Gasteiger partial charge < -0.3 is 25.4 Å². The molecule has 3 saturated heterocycles. The molecule has 3 fully saturated rings. The van der Waals surface area contributed by atoms with E-state index in [2.05, 4.69) is 25.2 Å². The van der Waals surface area contributed by atoms with Gasteiger partial charge >= 0.3 is 0 Å². The van der Waals surface area contributed by atoms with Crippen LogP contribution in [0.25, 0.3) is 10.6 Å². The summed E-state index contributed by atoms with van der Waals surface area (Å²) in [5.74, 6) is -0.0777. The van der Waals surface area contributed by atoms with Crippen LogP contribution in [0.4, 0.5) is 25.3 Å². The lowest BCUT2D eigenvalue weighted by Crippen LogP contribution is -2.49. The first-order chi connectivity index (χ1) is 19.9. The third kappa shape index (κ3) is 5.94. The second-order valence-electron chi connectivity index (χ2n) is 11.1.